The number of aromatic nitrogens is 2. The predicted octanol–water partition coefficient (Wildman–Crippen LogP) is 2.85. The van der Waals surface area contributed by atoms with Gasteiger partial charge in [-0.05, 0) is 54.4 Å². The lowest BCUT2D eigenvalue weighted by Crippen LogP contribution is -2.23. The van der Waals surface area contributed by atoms with Crippen LogP contribution in [0.4, 0.5) is 5.69 Å². The van der Waals surface area contributed by atoms with Crippen molar-refractivity contribution < 1.29 is 4.74 Å². The molecule has 1 heterocycles. The quantitative estimate of drug-likeness (QED) is 0.536. The van der Waals surface area contributed by atoms with E-state index in [9.17, 15) is 0 Å². The Morgan fingerprint density at radius 2 is 1.92 bits per heavy atom. The van der Waals surface area contributed by atoms with Crippen LogP contribution in [0.2, 0.25) is 0 Å². The van der Waals surface area contributed by atoms with E-state index in [0.29, 0.717) is 12.5 Å². The van der Waals surface area contributed by atoms with E-state index in [4.69, 9.17) is 10.5 Å². The minimum Gasteiger partial charge on any atom is -0.497 e. The molecular formula is C19H21N5O. The van der Waals surface area contributed by atoms with Crippen molar-refractivity contribution in [1.29, 1.82) is 0 Å². The number of hydrogen-bond acceptors (Lipinski definition) is 3. The van der Waals surface area contributed by atoms with Crippen LogP contribution in [0.1, 0.15) is 5.56 Å². The summed E-state index contributed by atoms with van der Waals surface area (Å²) in [5, 5.41) is 7.28. The van der Waals surface area contributed by atoms with E-state index in [1.807, 2.05) is 53.3 Å². The number of anilines is 1. The van der Waals surface area contributed by atoms with Crippen molar-refractivity contribution in [3.05, 3.63) is 72.6 Å². The van der Waals surface area contributed by atoms with Crippen LogP contribution in [0.25, 0.3) is 5.69 Å². The number of nitrogens with two attached hydrogens (primary N) is 1. The van der Waals surface area contributed by atoms with E-state index in [1.54, 1.807) is 13.3 Å². The molecule has 0 atom stereocenters. The maximum atomic E-state index is 5.92. The SMILES string of the molecule is COc1ccc(NC(N)=NCCc2ccc(-n3cccn3)cc2)cc1. The molecule has 1 aromatic heterocycles. The van der Waals surface area contributed by atoms with Gasteiger partial charge in [-0.1, -0.05) is 12.1 Å². The Morgan fingerprint density at radius 3 is 2.56 bits per heavy atom. The highest BCUT2D eigenvalue weighted by Crippen LogP contribution is 2.14. The molecule has 128 valence electrons. The van der Waals surface area contributed by atoms with Gasteiger partial charge in [-0.25, -0.2) is 4.68 Å². The molecule has 6 heteroatoms. The Hall–Kier alpha value is -3.28. The van der Waals surface area contributed by atoms with Crippen LogP contribution in [-0.4, -0.2) is 29.4 Å². The minimum atomic E-state index is 0.401. The first-order valence-electron chi connectivity index (χ1n) is 8.04. The molecule has 0 unspecified atom stereocenters. The lowest BCUT2D eigenvalue weighted by Gasteiger charge is -2.07. The highest BCUT2D eigenvalue weighted by Gasteiger charge is 1.99. The highest BCUT2D eigenvalue weighted by atomic mass is 16.5. The Morgan fingerprint density at radius 1 is 1.16 bits per heavy atom. The van der Waals surface area contributed by atoms with Crippen molar-refractivity contribution in [2.24, 2.45) is 10.7 Å². The predicted molar refractivity (Wildman–Crippen MR) is 100 cm³/mol. The molecular weight excluding hydrogens is 314 g/mol. The summed E-state index contributed by atoms with van der Waals surface area (Å²) in [5.74, 6) is 1.21. The van der Waals surface area contributed by atoms with Crippen LogP contribution in [0.3, 0.4) is 0 Å². The molecule has 0 bridgehead atoms. The zero-order chi connectivity index (χ0) is 17.5. The summed E-state index contributed by atoms with van der Waals surface area (Å²) >= 11 is 0. The Balaban J connectivity index is 1.51. The second-order valence-corrected chi connectivity index (χ2v) is 5.49. The summed E-state index contributed by atoms with van der Waals surface area (Å²) < 4.78 is 6.96. The van der Waals surface area contributed by atoms with Crippen molar-refractivity contribution in [2.75, 3.05) is 19.0 Å². The van der Waals surface area contributed by atoms with Crippen molar-refractivity contribution in [1.82, 2.24) is 9.78 Å². The first-order valence-corrected chi connectivity index (χ1v) is 8.04. The van der Waals surface area contributed by atoms with E-state index < -0.39 is 0 Å². The monoisotopic (exact) mass is 335 g/mol. The Kier molecular flexibility index (Phi) is 5.31. The first kappa shape index (κ1) is 16.6. The van der Waals surface area contributed by atoms with Crippen molar-refractivity contribution in [3.63, 3.8) is 0 Å². The maximum Gasteiger partial charge on any atom is 0.193 e. The molecule has 0 aliphatic carbocycles. The molecule has 6 nitrogen and oxygen atoms in total. The largest absolute Gasteiger partial charge is 0.497 e. The van der Waals surface area contributed by atoms with E-state index in [0.717, 1.165) is 23.5 Å². The second-order valence-electron chi connectivity index (χ2n) is 5.49. The zero-order valence-electron chi connectivity index (χ0n) is 14.1. The normalized spacial score (nSPS) is 11.3. The van der Waals surface area contributed by atoms with E-state index in [1.165, 1.54) is 5.56 Å². The van der Waals surface area contributed by atoms with E-state index in [2.05, 4.69) is 27.5 Å². The van der Waals surface area contributed by atoms with Crippen molar-refractivity contribution >= 4 is 11.6 Å². The fraction of sp³-hybridized carbons (Fsp3) is 0.158. The molecule has 2 aromatic carbocycles. The average Bonchev–Trinajstić information content (AvgIpc) is 3.18. The van der Waals surface area contributed by atoms with Gasteiger partial charge in [-0.15, -0.1) is 0 Å². The number of aliphatic imine (C=N–C) groups is 1. The molecule has 0 radical (unpaired) electrons. The number of guanidine groups is 1. The number of nitrogens with one attached hydrogen (secondary N) is 1. The lowest BCUT2D eigenvalue weighted by atomic mass is 10.1. The van der Waals surface area contributed by atoms with Crippen molar-refractivity contribution in [3.8, 4) is 11.4 Å². The van der Waals surface area contributed by atoms with Gasteiger partial charge in [-0.3, -0.25) is 4.99 Å². The van der Waals surface area contributed by atoms with E-state index >= 15 is 0 Å². The molecule has 0 aliphatic heterocycles. The lowest BCUT2D eigenvalue weighted by molar-refractivity contribution is 0.415. The van der Waals surface area contributed by atoms with Gasteiger partial charge in [-0.2, -0.15) is 5.10 Å². The van der Waals surface area contributed by atoms with Gasteiger partial charge in [0, 0.05) is 24.6 Å². The summed E-state index contributed by atoms with van der Waals surface area (Å²) in [6.45, 7) is 0.621. The number of rotatable bonds is 6. The van der Waals surface area contributed by atoms with Gasteiger partial charge in [0.1, 0.15) is 5.75 Å². The van der Waals surface area contributed by atoms with Gasteiger partial charge >= 0.3 is 0 Å². The number of benzene rings is 2. The molecule has 3 N–H and O–H groups in total. The molecule has 0 amide bonds. The first-order chi connectivity index (χ1) is 12.2. The topological polar surface area (TPSA) is 77.5 Å². The summed E-state index contributed by atoms with van der Waals surface area (Å²) in [4.78, 5) is 4.36. The molecule has 25 heavy (non-hydrogen) atoms. The van der Waals surface area contributed by atoms with Crippen LogP contribution < -0.4 is 15.8 Å². The van der Waals surface area contributed by atoms with Crippen LogP contribution in [0.5, 0.6) is 5.75 Å². The maximum absolute atomic E-state index is 5.92. The number of nitrogens with zero attached hydrogens (tertiary/aromatic N) is 3. The van der Waals surface area contributed by atoms with Crippen LogP contribution >= 0.6 is 0 Å². The third kappa shape index (κ3) is 4.60. The van der Waals surface area contributed by atoms with Crippen LogP contribution in [-0.2, 0) is 6.42 Å². The number of ether oxygens (including phenoxy) is 1. The van der Waals surface area contributed by atoms with Gasteiger partial charge in [0.2, 0.25) is 0 Å². The Bertz CT molecular complexity index is 808. The van der Waals surface area contributed by atoms with Crippen molar-refractivity contribution in [2.45, 2.75) is 6.42 Å². The van der Waals surface area contributed by atoms with Gasteiger partial charge in [0.25, 0.3) is 0 Å². The second kappa shape index (κ2) is 8.01. The molecule has 0 saturated carbocycles. The highest BCUT2D eigenvalue weighted by molar-refractivity contribution is 5.92. The molecule has 0 fully saturated rings. The smallest absolute Gasteiger partial charge is 0.193 e. The number of hydrogen-bond donors (Lipinski definition) is 2. The molecule has 3 rings (SSSR count). The minimum absolute atomic E-state index is 0.401. The summed E-state index contributed by atoms with van der Waals surface area (Å²) in [5.41, 5.74) is 9.05. The zero-order valence-corrected chi connectivity index (χ0v) is 14.1. The van der Waals surface area contributed by atoms with E-state index in [-0.39, 0.29) is 0 Å². The fourth-order valence-corrected chi connectivity index (χ4v) is 2.40. The number of methoxy groups -OCH3 is 1. The average molecular weight is 335 g/mol. The standard InChI is InChI=1S/C19H21N5O/c1-25-18-9-5-16(6-10-18)23-19(20)21-13-11-15-3-7-17(8-4-15)24-14-2-12-22-24/h2-10,12,14H,11,13H2,1H3,(H3,20,21,23). The third-order valence-corrected chi connectivity index (χ3v) is 3.75. The third-order valence-electron chi connectivity index (χ3n) is 3.75. The van der Waals surface area contributed by atoms with Gasteiger partial charge in [0.15, 0.2) is 5.96 Å². The molecule has 3 aromatic rings. The fourth-order valence-electron chi connectivity index (χ4n) is 2.40. The van der Waals surface area contributed by atoms with Crippen LogP contribution in [0, 0.1) is 0 Å². The Labute approximate surface area is 147 Å². The molecule has 0 aliphatic rings. The summed E-state index contributed by atoms with van der Waals surface area (Å²) in [6, 6.07) is 17.7. The van der Waals surface area contributed by atoms with Gasteiger partial charge < -0.3 is 15.8 Å². The molecule has 0 saturated heterocycles. The molecule has 0 spiro atoms. The van der Waals surface area contributed by atoms with Crippen LogP contribution in [0.15, 0.2) is 72.0 Å². The van der Waals surface area contributed by atoms with Gasteiger partial charge in [0.05, 0.1) is 12.8 Å². The summed E-state index contributed by atoms with van der Waals surface area (Å²) in [6.07, 6.45) is 4.51. The summed E-state index contributed by atoms with van der Waals surface area (Å²) in [7, 11) is 1.64.